The summed E-state index contributed by atoms with van der Waals surface area (Å²) in [6, 6.07) is 80.9. The van der Waals surface area contributed by atoms with Gasteiger partial charge in [0.05, 0.1) is 11.1 Å². The Bertz CT molecular complexity index is 2910. The summed E-state index contributed by atoms with van der Waals surface area (Å²) in [6.07, 6.45) is 0. The van der Waals surface area contributed by atoms with Crippen molar-refractivity contribution >= 4 is 39.0 Å². The largest absolute Gasteiger partial charge is 0.454 e. The van der Waals surface area contributed by atoms with Crippen molar-refractivity contribution in [3.63, 3.8) is 0 Å². The summed E-state index contributed by atoms with van der Waals surface area (Å²) >= 11 is 0. The lowest BCUT2D eigenvalue weighted by molar-refractivity contribution is 0.668. The highest BCUT2D eigenvalue weighted by molar-refractivity contribution is 6.11. The molecule has 0 bridgehead atoms. The lowest BCUT2D eigenvalue weighted by Gasteiger charge is -2.33. The molecule has 57 heavy (non-hydrogen) atoms. The molecule has 0 atom stereocenters. The van der Waals surface area contributed by atoms with Crippen molar-refractivity contribution in [3.8, 4) is 33.4 Å². The Balaban J connectivity index is 1.10. The van der Waals surface area contributed by atoms with Crippen molar-refractivity contribution in [1.82, 2.24) is 0 Å². The molecular weight excluding hydrogens is 691 g/mol. The van der Waals surface area contributed by atoms with Gasteiger partial charge in [-0.15, -0.1) is 0 Å². The number of hydrogen-bond donors (Lipinski definition) is 0. The van der Waals surface area contributed by atoms with Gasteiger partial charge in [0.25, 0.3) is 0 Å². The third-order valence-electron chi connectivity index (χ3n) is 11.8. The smallest absolute Gasteiger partial charge is 0.159 e. The average Bonchev–Trinajstić information content (AvgIpc) is 3.82. The van der Waals surface area contributed by atoms with E-state index in [0.717, 1.165) is 39.0 Å². The van der Waals surface area contributed by atoms with Gasteiger partial charge in [0.2, 0.25) is 0 Å². The Kier molecular flexibility index (Phi) is 7.75. The van der Waals surface area contributed by atoms with E-state index in [-0.39, 0.29) is 0 Å². The van der Waals surface area contributed by atoms with Crippen LogP contribution in [0.5, 0.6) is 0 Å². The zero-order valence-electron chi connectivity index (χ0n) is 31.2. The molecule has 268 valence electrons. The molecule has 0 unspecified atom stereocenters. The first-order valence-electron chi connectivity index (χ1n) is 19.6. The number of anilines is 3. The van der Waals surface area contributed by atoms with Gasteiger partial charge >= 0.3 is 0 Å². The summed E-state index contributed by atoms with van der Waals surface area (Å²) < 4.78 is 6.95. The first kappa shape index (κ1) is 33.0. The van der Waals surface area contributed by atoms with Crippen molar-refractivity contribution in [3.05, 3.63) is 247 Å². The van der Waals surface area contributed by atoms with Gasteiger partial charge < -0.3 is 9.32 Å². The summed E-state index contributed by atoms with van der Waals surface area (Å²) in [5, 5.41) is 2.18. The maximum atomic E-state index is 6.95. The monoisotopic (exact) mass is 727 g/mol. The molecular formula is C55H37NO. The van der Waals surface area contributed by atoms with Crippen molar-refractivity contribution in [2.45, 2.75) is 5.41 Å². The molecule has 1 aromatic heterocycles. The predicted molar refractivity (Wildman–Crippen MR) is 237 cm³/mol. The van der Waals surface area contributed by atoms with Crippen LogP contribution < -0.4 is 4.90 Å². The Morgan fingerprint density at radius 2 is 0.842 bits per heavy atom. The highest BCUT2D eigenvalue weighted by Gasteiger charge is 2.46. The molecule has 0 fully saturated rings. The van der Waals surface area contributed by atoms with Crippen LogP contribution in [0.2, 0.25) is 0 Å². The van der Waals surface area contributed by atoms with E-state index in [1.165, 1.54) is 55.6 Å². The van der Waals surface area contributed by atoms with Gasteiger partial charge in [-0.05, 0) is 98.1 Å². The molecule has 0 saturated heterocycles. The Morgan fingerprint density at radius 3 is 1.40 bits per heavy atom. The first-order valence-corrected chi connectivity index (χ1v) is 19.6. The SMILES string of the molecule is c1ccc(-c2ccc(N(c3ccc(-c4ccccc4)cc3)c3cccc4c3oc3ccc(C5(c6ccccc6)c6ccccc6-c6ccccc65)cc34)cc2)cc1. The number of fused-ring (bicyclic) bond motifs is 6. The topological polar surface area (TPSA) is 16.4 Å². The van der Waals surface area contributed by atoms with Crippen LogP contribution >= 0.6 is 0 Å². The van der Waals surface area contributed by atoms with Crippen LogP contribution in [0, 0.1) is 0 Å². The fourth-order valence-electron chi connectivity index (χ4n) is 9.20. The second kappa shape index (κ2) is 13.4. The van der Waals surface area contributed by atoms with E-state index in [0.29, 0.717) is 0 Å². The highest BCUT2D eigenvalue weighted by Crippen LogP contribution is 2.56. The van der Waals surface area contributed by atoms with Crippen molar-refractivity contribution in [2.24, 2.45) is 0 Å². The normalized spacial score (nSPS) is 12.7. The maximum Gasteiger partial charge on any atom is 0.159 e. The van der Waals surface area contributed by atoms with Gasteiger partial charge in [-0.1, -0.05) is 182 Å². The molecule has 9 aromatic carbocycles. The minimum atomic E-state index is -0.489. The zero-order valence-corrected chi connectivity index (χ0v) is 31.2. The van der Waals surface area contributed by atoms with E-state index < -0.39 is 5.41 Å². The van der Waals surface area contributed by atoms with Gasteiger partial charge in [0.1, 0.15) is 5.58 Å². The molecule has 2 nitrogen and oxygen atoms in total. The predicted octanol–water partition coefficient (Wildman–Crippen LogP) is 14.8. The van der Waals surface area contributed by atoms with Gasteiger partial charge in [0.15, 0.2) is 5.58 Å². The number of benzene rings is 9. The zero-order chi connectivity index (χ0) is 37.8. The van der Waals surface area contributed by atoms with Crippen LogP contribution in [0.25, 0.3) is 55.3 Å². The Morgan fingerprint density at radius 1 is 0.351 bits per heavy atom. The van der Waals surface area contributed by atoms with Crippen LogP contribution in [-0.4, -0.2) is 0 Å². The quantitative estimate of drug-likeness (QED) is 0.163. The van der Waals surface area contributed by atoms with Crippen molar-refractivity contribution in [1.29, 1.82) is 0 Å². The molecule has 0 amide bonds. The fourth-order valence-corrected chi connectivity index (χ4v) is 9.20. The summed E-state index contributed by atoms with van der Waals surface area (Å²) in [7, 11) is 0. The standard InChI is InChI=1S/C55H37NO/c1-4-15-38(16-5-1)40-27-32-44(33-28-40)56(45-34-29-41(30-35-45)39-17-6-2-7-18-39)52-26-14-23-48-49-37-43(31-36-53(49)57-54(48)52)55(42-19-8-3-9-20-42)50-24-12-10-21-46(50)47-22-11-13-25-51(47)55/h1-37H. The molecule has 11 rings (SSSR count). The first-order chi connectivity index (χ1) is 28.3. The highest BCUT2D eigenvalue weighted by atomic mass is 16.3. The molecule has 0 saturated carbocycles. The molecule has 0 aliphatic heterocycles. The average molecular weight is 728 g/mol. The molecule has 10 aromatic rings. The number of para-hydroxylation sites is 1. The van der Waals surface area contributed by atoms with Gasteiger partial charge in [0, 0.05) is 22.1 Å². The third kappa shape index (κ3) is 5.26. The van der Waals surface area contributed by atoms with Crippen LogP contribution in [0.1, 0.15) is 22.3 Å². The molecule has 1 aliphatic rings. The second-order valence-corrected chi connectivity index (χ2v) is 14.8. The molecule has 2 heteroatoms. The van der Waals surface area contributed by atoms with Crippen LogP contribution in [0.3, 0.4) is 0 Å². The Hall–Kier alpha value is -7.42. The summed E-state index contributed by atoms with van der Waals surface area (Å²) in [6.45, 7) is 0. The minimum Gasteiger partial charge on any atom is -0.454 e. The van der Waals surface area contributed by atoms with E-state index in [4.69, 9.17) is 4.42 Å². The Labute approximate surface area is 332 Å². The van der Waals surface area contributed by atoms with E-state index in [1.54, 1.807) is 0 Å². The summed E-state index contributed by atoms with van der Waals surface area (Å²) in [5.74, 6) is 0. The van der Waals surface area contributed by atoms with Gasteiger partial charge in [-0.3, -0.25) is 0 Å². The van der Waals surface area contributed by atoms with Crippen LogP contribution in [0.15, 0.2) is 229 Å². The molecule has 0 spiro atoms. The lowest BCUT2D eigenvalue weighted by atomic mass is 9.67. The van der Waals surface area contributed by atoms with Gasteiger partial charge in [-0.2, -0.15) is 0 Å². The molecule has 0 N–H and O–H groups in total. The number of hydrogen-bond acceptors (Lipinski definition) is 2. The fraction of sp³-hybridized carbons (Fsp3) is 0.0182. The van der Waals surface area contributed by atoms with E-state index in [1.807, 2.05) is 0 Å². The van der Waals surface area contributed by atoms with Crippen LogP contribution in [-0.2, 0) is 5.41 Å². The minimum absolute atomic E-state index is 0.489. The lowest BCUT2D eigenvalue weighted by Crippen LogP contribution is -2.28. The van der Waals surface area contributed by atoms with Gasteiger partial charge in [-0.25, -0.2) is 0 Å². The van der Waals surface area contributed by atoms with Crippen LogP contribution in [0.4, 0.5) is 17.1 Å². The number of nitrogens with zero attached hydrogens (tertiary/aromatic N) is 1. The van der Waals surface area contributed by atoms with E-state index >= 15 is 0 Å². The van der Waals surface area contributed by atoms with Crippen molar-refractivity contribution < 1.29 is 4.42 Å². The van der Waals surface area contributed by atoms with E-state index in [2.05, 4.69) is 229 Å². The number of furan rings is 1. The van der Waals surface area contributed by atoms with Crippen molar-refractivity contribution in [2.75, 3.05) is 4.90 Å². The third-order valence-corrected chi connectivity index (χ3v) is 11.8. The molecule has 0 radical (unpaired) electrons. The number of rotatable bonds is 7. The summed E-state index contributed by atoms with van der Waals surface area (Å²) in [4.78, 5) is 2.32. The second-order valence-electron chi connectivity index (χ2n) is 14.8. The maximum absolute atomic E-state index is 6.95. The summed E-state index contributed by atoms with van der Waals surface area (Å²) in [5.41, 5.74) is 16.7. The molecule has 1 aliphatic carbocycles. The van der Waals surface area contributed by atoms with E-state index in [9.17, 15) is 0 Å². The molecule has 1 heterocycles.